The molecule has 0 saturated heterocycles. The second kappa shape index (κ2) is 6.04. The van der Waals surface area contributed by atoms with Crippen molar-refractivity contribution in [3.63, 3.8) is 0 Å². The first-order chi connectivity index (χ1) is 7.56. The standard InChI is InChI=1S/C13H18BrNO/c1-4-10(5-2)13(16)15-12-7-9(3)6-11(14)8-12/h6-8,10H,4-5H2,1-3H3,(H,15,16). The minimum absolute atomic E-state index is 0.110. The fraction of sp³-hybridized carbons (Fsp3) is 0.462. The number of nitrogens with one attached hydrogen (secondary N) is 1. The lowest BCUT2D eigenvalue weighted by molar-refractivity contribution is -0.120. The summed E-state index contributed by atoms with van der Waals surface area (Å²) >= 11 is 3.42. The lowest BCUT2D eigenvalue weighted by Crippen LogP contribution is -2.21. The number of carbonyl (C=O) groups excluding carboxylic acids is 1. The van der Waals surface area contributed by atoms with Crippen LogP contribution < -0.4 is 5.32 Å². The summed E-state index contributed by atoms with van der Waals surface area (Å²) in [6, 6.07) is 5.92. The van der Waals surface area contributed by atoms with Crippen LogP contribution in [0, 0.1) is 12.8 Å². The number of hydrogen-bond donors (Lipinski definition) is 1. The predicted molar refractivity (Wildman–Crippen MR) is 71.6 cm³/mol. The highest BCUT2D eigenvalue weighted by atomic mass is 79.9. The van der Waals surface area contributed by atoms with Crippen LogP contribution in [0.2, 0.25) is 0 Å². The lowest BCUT2D eigenvalue weighted by atomic mass is 10.0. The third-order valence-electron chi connectivity index (χ3n) is 2.67. The van der Waals surface area contributed by atoms with E-state index >= 15 is 0 Å². The van der Waals surface area contributed by atoms with E-state index in [1.165, 1.54) is 0 Å². The summed E-state index contributed by atoms with van der Waals surface area (Å²) in [5.74, 6) is 0.224. The zero-order valence-corrected chi connectivity index (χ0v) is 11.6. The Bertz CT molecular complexity index is 352. The molecule has 88 valence electrons. The quantitative estimate of drug-likeness (QED) is 0.884. The molecule has 1 N–H and O–H groups in total. The summed E-state index contributed by atoms with van der Waals surface area (Å²) in [4.78, 5) is 11.9. The van der Waals surface area contributed by atoms with Crippen molar-refractivity contribution in [1.82, 2.24) is 0 Å². The van der Waals surface area contributed by atoms with E-state index in [0.717, 1.165) is 28.6 Å². The second-order valence-electron chi connectivity index (χ2n) is 4.02. The van der Waals surface area contributed by atoms with Crippen molar-refractivity contribution < 1.29 is 4.79 Å². The summed E-state index contributed by atoms with van der Waals surface area (Å²) in [5, 5.41) is 2.96. The van der Waals surface area contributed by atoms with Gasteiger partial charge in [-0.2, -0.15) is 0 Å². The van der Waals surface area contributed by atoms with Gasteiger partial charge in [0.2, 0.25) is 5.91 Å². The van der Waals surface area contributed by atoms with Crippen molar-refractivity contribution >= 4 is 27.5 Å². The largest absolute Gasteiger partial charge is 0.326 e. The minimum atomic E-state index is 0.110. The molecule has 1 amide bonds. The number of anilines is 1. The molecule has 0 saturated carbocycles. The highest BCUT2D eigenvalue weighted by molar-refractivity contribution is 9.10. The van der Waals surface area contributed by atoms with Gasteiger partial charge in [0.15, 0.2) is 0 Å². The van der Waals surface area contributed by atoms with Gasteiger partial charge < -0.3 is 5.32 Å². The molecule has 16 heavy (non-hydrogen) atoms. The molecule has 3 heteroatoms. The number of hydrogen-bond acceptors (Lipinski definition) is 1. The molecule has 0 unspecified atom stereocenters. The fourth-order valence-corrected chi connectivity index (χ4v) is 2.32. The smallest absolute Gasteiger partial charge is 0.227 e. The van der Waals surface area contributed by atoms with Crippen molar-refractivity contribution in [2.24, 2.45) is 5.92 Å². The Hall–Kier alpha value is -0.830. The molecule has 1 aromatic rings. The van der Waals surface area contributed by atoms with Gasteiger partial charge in [-0.3, -0.25) is 4.79 Å². The number of halogens is 1. The number of aryl methyl sites for hydroxylation is 1. The van der Waals surface area contributed by atoms with Crippen molar-refractivity contribution in [1.29, 1.82) is 0 Å². The van der Waals surface area contributed by atoms with Gasteiger partial charge in [-0.05, 0) is 43.5 Å². The molecule has 0 aliphatic heterocycles. The highest BCUT2D eigenvalue weighted by Gasteiger charge is 2.14. The summed E-state index contributed by atoms with van der Waals surface area (Å²) in [6.45, 7) is 6.09. The van der Waals surface area contributed by atoms with Crippen LogP contribution in [0.15, 0.2) is 22.7 Å². The summed E-state index contributed by atoms with van der Waals surface area (Å²) < 4.78 is 0.993. The summed E-state index contributed by atoms with van der Waals surface area (Å²) in [5.41, 5.74) is 2.00. The molecule has 0 aliphatic rings. The molecular formula is C13H18BrNO. The third kappa shape index (κ3) is 3.63. The Morgan fingerprint density at radius 3 is 2.44 bits per heavy atom. The Kier molecular flexibility index (Phi) is 5.00. The first-order valence-corrected chi connectivity index (χ1v) is 6.44. The zero-order valence-electron chi connectivity index (χ0n) is 10.0. The lowest BCUT2D eigenvalue weighted by Gasteiger charge is -2.13. The van der Waals surface area contributed by atoms with Gasteiger partial charge in [0, 0.05) is 16.1 Å². The Morgan fingerprint density at radius 2 is 1.94 bits per heavy atom. The normalized spacial score (nSPS) is 10.6. The van der Waals surface area contributed by atoms with Gasteiger partial charge in [0.1, 0.15) is 0 Å². The van der Waals surface area contributed by atoms with Crippen LogP contribution in [0.1, 0.15) is 32.3 Å². The van der Waals surface area contributed by atoms with Crippen LogP contribution in [-0.4, -0.2) is 5.91 Å². The molecule has 0 heterocycles. The maximum absolute atomic E-state index is 11.9. The van der Waals surface area contributed by atoms with Gasteiger partial charge in [0.25, 0.3) is 0 Å². The van der Waals surface area contributed by atoms with Crippen LogP contribution in [0.4, 0.5) is 5.69 Å². The van der Waals surface area contributed by atoms with Gasteiger partial charge in [-0.15, -0.1) is 0 Å². The van der Waals surface area contributed by atoms with E-state index in [4.69, 9.17) is 0 Å². The molecule has 0 spiro atoms. The SMILES string of the molecule is CCC(CC)C(=O)Nc1cc(C)cc(Br)c1. The molecule has 1 aromatic carbocycles. The monoisotopic (exact) mass is 283 g/mol. The van der Waals surface area contributed by atoms with Crippen molar-refractivity contribution in [2.45, 2.75) is 33.6 Å². The minimum Gasteiger partial charge on any atom is -0.326 e. The maximum Gasteiger partial charge on any atom is 0.227 e. The average molecular weight is 284 g/mol. The van der Waals surface area contributed by atoms with Crippen LogP contribution in [0.25, 0.3) is 0 Å². The number of amides is 1. The van der Waals surface area contributed by atoms with E-state index in [1.54, 1.807) is 0 Å². The number of rotatable bonds is 4. The van der Waals surface area contributed by atoms with Crippen molar-refractivity contribution in [3.05, 3.63) is 28.2 Å². The highest BCUT2D eigenvalue weighted by Crippen LogP contribution is 2.20. The van der Waals surface area contributed by atoms with Gasteiger partial charge >= 0.3 is 0 Å². The van der Waals surface area contributed by atoms with E-state index in [1.807, 2.05) is 39.0 Å². The molecule has 0 radical (unpaired) electrons. The number of benzene rings is 1. The Morgan fingerprint density at radius 1 is 1.31 bits per heavy atom. The fourth-order valence-electron chi connectivity index (χ4n) is 1.71. The summed E-state index contributed by atoms with van der Waals surface area (Å²) in [7, 11) is 0. The van der Waals surface area contributed by atoms with E-state index < -0.39 is 0 Å². The van der Waals surface area contributed by atoms with Crippen LogP contribution >= 0.6 is 15.9 Å². The van der Waals surface area contributed by atoms with Crippen LogP contribution in [0.3, 0.4) is 0 Å². The van der Waals surface area contributed by atoms with Gasteiger partial charge in [-0.1, -0.05) is 29.8 Å². The van der Waals surface area contributed by atoms with Gasteiger partial charge in [-0.25, -0.2) is 0 Å². The van der Waals surface area contributed by atoms with Crippen LogP contribution in [0.5, 0.6) is 0 Å². The van der Waals surface area contributed by atoms with E-state index in [9.17, 15) is 4.79 Å². The number of carbonyl (C=O) groups is 1. The molecule has 0 fully saturated rings. The van der Waals surface area contributed by atoms with E-state index in [0.29, 0.717) is 0 Å². The molecule has 0 aromatic heterocycles. The maximum atomic E-state index is 11.9. The average Bonchev–Trinajstić information content (AvgIpc) is 2.17. The van der Waals surface area contributed by atoms with Gasteiger partial charge in [0.05, 0.1) is 0 Å². The van der Waals surface area contributed by atoms with E-state index in [-0.39, 0.29) is 11.8 Å². The van der Waals surface area contributed by atoms with E-state index in [2.05, 4.69) is 21.2 Å². The first-order valence-electron chi connectivity index (χ1n) is 5.64. The van der Waals surface area contributed by atoms with Crippen LogP contribution in [-0.2, 0) is 4.79 Å². The predicted octanol–water partition coefficient (Wildman–Crippen LogP) is 4.13. The Labute approximate surface area is 106 Å². The van der Waals surface area contributed by atoms with Crippen molar-refractivity contribution in [2.75, 3.05) is 5.32 Å². The first kappa shape index (κ1) is 13.2. The second-order valence-corrected chi connectivity index (χ2v) is 4.94. The molecule has 0 aliphatic carbocycles. The zero-order chi connectivity index (χ0) is 12.1. The molecule has 2 nitrogen and oxygen atoms in total. The summed E-state index contributed by atoms with van der Waals surface area (Å²) in [6.07, 6.45) is 1.77. The molecule has 1 rings (SSSR count). The topological polar surface area (TPSA) is 29.1 Å². The molecule has 0 bridgehead atoms. The Balaban J connectivity index is 2.76. The molecule has 0 atom stereocenters. The molecular weight excluding hydrogens is 266 g/mol. The third-order valence-corrected chi connectivity index (χ3v) is 3.12. The van der Waals surface area contributed by atoms with Crippen molar-refractivity contribution in [3.8, 4) is 0 Å².